The van der Waals surface area contributed by atoms with Crippen LogP contribution in [-0.4, -0.2) is 9.97 Å². The Balaban J connectivity index is 0.000000203. The fraction of sp³-hybridized carbons (Fsp3) is 0.250. The van der Waals surface area contributed by atoms with Crippen LogP contribution in [0.1, 0.15) is 31.2 Å². The quantitative estimate of drug-likeness (QED) is 0.725. The van der Waals surface area contributed by atoms with Gasteiger partial charge in [0, 0.05) is 13.0 Å². The SMILES string of the molecule is CCCCc1ncc(-c2ccccc2)[nH]1.NCc1ccccc1. The zero-order valence-corrected chi connectivity index (χ0v) is 13.7. The number of aromatic amines is 1. The standard InChI is InChI=1S/C13H16N2.C7H9N/c1-2-3-9-13-14-10-12(15-13)11-7-5-4-6-8-11;8-6-7-4-2-1-3-5-7/h4-8,10H,2-3,9H2,1H3,(H,14,15);1-5H,6,8H2. The van der Waals surface area contributed by atoms with Gasteiger partial charge < -0.3 is 10.7 Å². The molecule has 3 nitrogen and oxygen atoms in total. The fourth-order valence-electron chi connectivity index (χ4n) is 2.21. The molecule has 0 aliphatic rings. The number of benzene rings is 2. The lowest BCUT2D eigenvalue weighted by Crippen LogP contribution is -1.94. The predicted molar refractivity (Wildman–Crippen MR) is 97.0 cm³/mol. The zero-order chi connectivity index (χ0) is 16.3. The first kappa shape index (κ1) is 17.0. The molecule has 0 saturated carbocycles. The minimum Gasteiger partial charge on any atom is -0.342 e. The summed E-state index contributed by atoms with van der Waals surface area (Å²) in [6, 6.07) is 20.3. The van der Waals surface area contributed by atoms with Crippen molar-refractivity contribution >= 4 is 0 Å². The number of nitrogens with two attached hydrogens (primary N) is 1. The summed E-state index contributed by atoms with van der Waals surface area (Å²) in [5.41, 5.74) is 8.85. The molecule has 0 amide bonds. The monoisotopic (exact) mass is 307 g/mol. The molecule has 0 unspecified atom stereocenters. The van der Waals surface area contributed by atoms with Crippen LogP contribution >= 0.6 is 0 Å². The van der Waals surface area contributed by atoms with E-state index < -0.39 is 0 Å². The Morgan fingerprint density at radius 1 is 0.957 bits per heavy atom. The second kappa shape index (κ2) is 9.59. The van der Waals surface area contributed by atoms with Crippen molar-refractivity contribution in [3.05, 3.63) is 78.2 Å². The summed E-state index contributed by atoms with van der Waals surface area (Å²) in [6.45, 7) is 2.84. The van der Waals surface area contributed by atoms with E-state index in [1.165, 1.54) is 24.0 Å². The molecular weight excluding hydrogens is 282 g/mol. The van der Waals surface area contributed by atoms with Crippen LogP contribution in [0, 0.1) is 0 Å². The van der Waals surface area contributed by atoms with E-state index in [0.29, 0.717) is 6.54 Å². The van der Waals surface area contributed by atoms with E-state index in [0.717, 1.165) is 17.9 Å². The van der Waals surface area contributed by atoms with E-state index in [9.17, 15) is 0 Å². The first-order valence-electron chi connectivity index (χ1n) is 8.16. The Bertz CT molecular complexity index is 660. The molecule has 1 aromatic heterocycles. The Kier molecular flexibility index (Phi) is 7.08. The maximum Gasteiger partial charge on any atom is 0.106 e. The van der Waals surface area contributed by atoms with Crippen molar-refractivity contribution in [2.45, 2.75) is 32.7 Å². The molecule has 3 N–H and O–H groups in total. The highest BCUT2D eigenvalue weighted by atomic mass is 14.9. The van der Waals surface area contributed by atoms with Crippen molar-refractivity contribution in [3.8, 4) is 11.3 Å². The third-order valence-corrected chi connectivity index (χ3v) is 3.56. The van der Waals surface area contributed by atoms with Gasteiger partial charge in [0.1, 0.15) is 5.82 Å². The van der Waals surface area contributed by atoms with Crippen LogP contribution in [0.25, 0.3) is 11.3 Å². The summed E-state index contributed by atoms with van der Waals surface area (Å²) in [7, 11) is 0. The molecule has 23 heavy (non-hydrogen) atoms. The van der Waals surface area contributed by atoms with Gasteiger partial charge in [-0.15, -0.1) is 0 Å². The summed E-state index contributed by atoms with van der Waals surface area (Å²) in [4.78, 5) is 7.73. The molecule has 3 rings (SSSR count). The number of nitrogens with one attached hydrogen (secondary N) is 1. The highest BCUT2D eigenvalue weighted by Gasteiger charge is 2.01. The first-order valence-corrected chi connectivity index (χ1v) is 8.16. The summed E-state index contributed by atoms with van der Waals surface area (Å²) < 4.78 is 0. The minimum atomic E-state index is 0.640. The normalized spacial score (nSPS) is 10.0. The molecule has 0 aliphatic heterocycles. The average molecular weight is 307 g/mol. The predicted octanol–water partition coefficient (Wildman–Crippen LogP) is 4.56. The number of H-pyrrole nitrogens is 1. The van der Waals surface area contributed by atoms with E-state index >= 15 is 0 Å². The highest BCUT2D eigenvalue weighted by Crippen LogP contribution is 2.16. The average Bonchev–Trinajstić information content (AvgIpc) is 3.11. The van der Waals surface area contributed by atoms with Gasteiger partial charge in [-0.1, -0.05) is 74.0 Å². The molecule has 2 aromatic carbocycles. The number of imidazole rings is 1. The van der Waals surface area contributed by atoms with Gasteiger partial charge in [0.05, 0.1) is 11.9 Å². The number of hydrogen-bond acceptors (Lipinski definition) is 2. The Morgan fingerprint density at radius 3 is 2.17 bits per heavy atom. The van der Waals surface area contributed by atoms with Crippen molar-refractivity contribution in [2.24, 2.45) is 5.73 Å². The third kappa shape index (κ3) is 5.72. The van der Waals surface area contributed by atoms with Gasteiger partial charge in [-0.2, -0.15) is 0 Å². The van der Waals surface area contributed by atoms with E-state index in [2.05, 4.69) is 29.0 Å². The van der Waals surface area contributed by atoms with Gasteiger partial charge >= 0.3 is 0 Å². The number of aromatic nitrogens is 2. The van der Waals surface area contributed by atoms with Crippen molar-refractivity contribution in [1.82, 2.24) is 9.97 Å². The maximum atomic E-state index is 5.35. The molecule has 0 saturated heterocycles. The number of aryl methyl sites for hydroxylation is 1. The van der Waals surface area contributed by atoms with Crippen molar-refractivity contribution in [2.75, 3.05) is 0 Å². The fourth-order valence-corrected chi connectivity index (χ4v) is 2.21. The van der Waals surface area contributed by atoms with E-state index in [1.54, 1.807) is 0 Å². The Morgan fingerprint density at radius 2 is 1.61 bits per heavy atom. The summed E-state index contributed by atoms with van der Waals surface area (Å²) in [6.07, 6.45) is 5.37. The van der Waals surface area contributed by atoms with Gasteiger partial charge in [-0.3, -0.25) is 0 Å². The van der Waals surface area contributed by atoms with Crippen LogP contribution < -0.4 is 5.73 Å². The molecule has 120 valence electrons. The number of unbranched alkanes of at least 4 members (excludes halogenated alkanes) is 1. The molecule has 0 aliphatic carbocycles. The lowest BCUT2D eigenvalue weighted by molar-refractivity contribution is 0.763. The smallest absolute Gasteiger partial charge is 0.106 e. The van der Waals surface area contributed by atoms with E-state index in [-0.39, 0.29) is 0 Å². The van der Waals surface area contributed by atoms with Gasteiger partial charge in [0.15, 0.2) is 0 Å². The summed E-state index contributed by atoms with van der Waals surface area (Å²) in [5, 5.41) is 0. The molecule has 1 heterocycles. The summed E-state index contributed by atoms with van der Waals surface area (Å²) in [5.74, 6) is 1.09. The molecule has 0 atom stereocenters. The van der Waals surface area contributed by atoms with Crippen LogP contribution in [0.15, 0.2) is 66.9 Å². The second-order valence-corrected chi connectivity index (χ2v) is 5.40. The molecule has 3 aromatic rings. The number of rotatable bonds is 5. The summed E-state index contributed by atoms with van der Waals surface area (Å²) >= 11 is 0. The molecule has 0 spiro atoms. The lowest BCUT2D eigenvalue weighted by atomic mass is 10.2. The van der Waals surface area contributed by atoms with Crippen LogP contribution in [0.2, 0.25) is 0 Å². The Hall–Kier alpha value is -2.39. The van der Waals surface area contributed by atoms with Gasteiger partial charge in [-0.05, 0) is 17.5 Å². The molecule has 0 radical (unpaired) electrons. The Labute approximate surface area is 138 Å². The van der Waals surface area contributed by atoms with Gasteiger partial charge in [0.2, 0.25) is 0 Å². The second-order valence-electron chi connectivity index (χ2n) is 5.40. The molecule has 0 bridgehead atoms. The largest absolute Gasteiger partial charge is 0.342 e. The molecule has 3 heteroatoms. The topological polar surface area (TPSA) is 54.7 Å². The van der Waals surface area contributed by atoms with Gasteiger partial charge in [-0.25, -0.2) is 4.98 Å². The first-order chi connectivity index (χ1) is 11.3. The van der Waals surface area contributed by atoms with Crippen LogP contribution in [0.5, 0.6) is 0 Å². The number of hydrogen-bond donors (Lipinski definition) is 2. The van der Waals surface area contributed by atoms with Crippen LogP contribution in [0.4, 0.5) is 0 Å². The van der Waals surface area contributed by atoms with Crippen molar-refractivity contribution in [1.29, 1.82) is 0 Å². The van der Waals surface area contributed by atoms with Crippen molar-refractivity contribution in [3.63, 3.8) is 0 Å². The van der Waals surface area contributed by atoms with E-state index in [4.69, 9.17) is 5.73 Å². The van der Waals surface area contributed by atoms with Crippen molar-refractivity contribution < 1.29 is 0 Å². The highest BCUT2D eigenvalue weighted by molar-refractivity contribution is 5.57. The van der Waals surface area contributed by atoms with Crippen LogP contribution in [-0.2, 0) is 13.0 Å². The maximum absolute atomic E-state index is 5.35. The zero-order valence-electron chi connectivity index (χ0n) is 13.7. The molecule has 0 fully saturated rings. The molecular formula is C20H25N3. The lowest BCUT2D eigenvalue weighted by Gasteiger charge is -1.96. The number of nitrogens with zero attached hydrogens (tertiary/aromatic N) is 1. The van der Waals surface area contributed by atoms with Gasteiger partial charge in [0.25, 0.3) is 0 Å². The third-order valence-electron chi connectivity index (χ3n) is 3.56. The minimum absolute atomic E-state index is 0.640. The van der Waals surface area contributed by atoms with E-state index in [1.807, 2.05) is 54.7 Å². The van der Waals surface area contributed by atoms with Crippen LogP contribution in [0.3, 0.4) is 0 Å².